The highest BCUT2D eigenvalue weighted by Gasteiger charge is 2.32. The van der Waals surface area contributed by atoms with Crippen molar-refractivity contribution in [3.8, 4) is 5.75 Å². The lowest BCUT2D eigenvalue weighted by molar-refractivity contribution is -0.150. The number of aliphatic carboxylic acids is 1. The largest absolute Gasteiger partial charge is 0.481 e. The van der Waals surface area contributed by atoms with Crippen molar-refractivity contribution < 1.29 is 42.6 Å². The first kappa shape index (κ1) is 33.7. The standard InChI is InChI=1S/C30H40NO9P/c1-6-38-30(36)22(5)39-41(37,40-24-10-8-7-9-11-24)17-16-31-28(33)15-14-27(32)26-19-23(18-20(2)3)12-13-25(26)21(4)29(34)35/h7-13,19-22H,6,14-18H2,1-5H3,(H,31,33)(H,34,35)/t21?,22-,41?/m1/s1. The van der Waals surface area contributed by atoms with Crippen LogP contribution in [0.25, 0.3) is 0 Å². The molecule has 224 valence electrons. The molecule has 0 aliphatic carbocycles. The lowest BCUT2D eigenvalue weighted by Gasteiger charge is -2.22. The van der Waals surface area contributed by atoms with Gasteiger partial charge in [0.25, 0.3) is 0 Å². The SMILES string of the molecule is CCOC(=O)[C@@H](C)OP(=O)(CCNC(=O)CCC(=O)c1cc(CC(C)C)ccc1C(C)C(=O)O)Oc1ccccc1. The van der Waals surface area contributed by atoms with Crippen LogP contribution in [0, 0.1) is 5.92 Å². The van der Waals surface area contributed by atoms with Crippen molar-refractivity contribution in [3.63, 3.8) is 0 Å². The Hall–Kier alpha value is -3.49. The van der Waals surface area contributed by atoms with Crippen molar-refractivity contribution in [3.05, 3.63) is 65.2 Å². The number of carboxylic acid groups (broad SMARTS) is 1. The van der Waals surface area contributed by atoms with E-state index >= 15 is 0 Å². The van der Waals surface area contributed by atoms with E-state index in [2.05, 4.69) is 5.32 Å². The minimum absolute atomic E-state index is 0.0994. The average molecular weight is 590 g/mol. The molecule has 0 bridgehead atoms. The van der Waals surface area contributed by atoms with Gasteiger partial charge in [0.15, 0.2) is 11.9 Å². The molecule has 2 unspecified atom stereocenters. The highest BCUT2D eigenvalue weighted by atomic mass is 31.2. The summed E-state index contributed by atoms with van der Waals surface area (Å²) in [5, 5.41) is 12.1. The second kappa shape index (κ2) is 16.1. The molecule has 0 spiro atoms. The number of carbonyl (C=O) groups is 4. The summed E-state index contributed by atoms with van der Waals surface area (Å²) in [5.74, 6) is -2.80. The van der Waals surface area contributed by atoms with Crippen molar-refractivity contribution in [2.75, 3.05) is 19.3 Å². The second-order valence-corrected chi connectivity index (χ2v) is 12.2. The summed E-state index contributed by atoms with van der Waals surface area (Å²) < 4.78 is 29.5. The number of amides is 1. The summed E-state index contributed by atoms with van der Waals surface area (Å²) in [6, 6.07) is 13.5. The molecule has 0 aliphatic rings. The van der Waals surface area contributed by atoms with Gasteiger partial charge in [0.05, 0.1) is 18.7 Å². The van der Waals surface area contributed by atoms with Crippen LogP contribution < -0.4 is 9.84 Å². The molecule has 1 amide bonds. The fourth-order valence-corrected chi connectivity index (χ4v) is 5.68. The van der Waals surface area contributed by atoms with Crippen LogP contribution in [0.15, 0.2) is 48.5 Å². The van der Waals surface area contributed by atoms with E-state index in [1.807, 2.05) is 19.9 Å². The van der Waals surface area contributed by atoms with E-state index in [-0.39, 0.29) is 43.7 Å². The Balaban J connectivity index is 2.05. The van der Waals surface area contributed by atoms with Crippen molar-refractivity contribution >= 4 is 31.2 Å². The van der Waals surface area contributed by atoms with Crippen molar-refractivity contribution in [1.29, 1.82) is 0 Å². The van der Waals surface area contributed by atoms with Gasteiger partial charge in [-0.3, -0.25) is 18.9 Å². The van der Waals surface area contributed by atoms with Gasteiger partial charge in [-0.25, -0.2) is 9.36 Å². The van der Waals surface area contributed by atoms with E-state index in [0.29, 0.717) is 17.0 Å². The molecule has 0 fully saturated rings. The Morgan fingerprint density at radius 2 is 1.66 bits per heavy atom. The molecule has 2 aromatic rings. The van der Waals surface area contributed by atoms with Gasteiger partial charge in [-0.05, 0) is 62.4 Å². The van der Waals surface area contributed by atoms with Crippen molar-refractivity contribution in [1.82, 2.24) is 5.32 Å². The van der Waals surface area contributed by atoms with Gasteiger partial charge in [-0.1, -0.05) is 44.2 Å². The van der Waals surface area contributed by atoms with Crippen LogP contribution in [0.4, 0.5) is 0 Å². The molecule has 2 rings (SSSR count). The van der Waals surface area contributed by atoms with Crippen LogP contribution in [0.3, 0.4) is 0 Å². The van der Waals surface area contributed by atoms with Crippen LogP contribution in [0.5, 0.6) is 5.75 Å². The van der Waals surface area contributed by atoms with Crippen molar-refractivity contribution in [2.45, 2.75) is 65.9 Å². The number of rotatable bonds is 17. The number of Topliss-reactive ketones (excluding diaryl/α,β-unsaturated/α-hetero) is 1. The fraction of sp³-hybridized carbons (Fsp3) is 0.467. The number of ketones is 1. The number of ether oxygens (including phenoxy) is 1. The maximum atomic E-state index is 13.5. The third-order valence-corrected chi connectivity index (χ3v) is 8.01. The average Bonchev–Trinajstić information content (AvgIpc) is 2.91. The number of carboxylic acids is 1. The molecule has 0 heterocycles. The summed E-state index contributed by atoms with van der Waals surface area (Å²) >= 11 is 0. The van der Waals surface area contributed by atoms with Crippen LogP contribution in [0.2, 0.25) is 0 Å². The predicted molar refractivity (Wildman–Crippen MR) is 154 cm³/mol. The molecular weight excluding hydrogens is 549 g/mol. The van der Waals surface area contributed by atoms with Gasteiger partial charge in [-0.2, -0.15) is 0 Å². The zero-order chi connectivity index (χ0) is 30.6. The van der Waals surface area contributed by atoms with E-state index in [1.54, 1.807) is 49.4 Å². The quantitative estimate of drug-likeness (QED) is 0.141. The molecule has 3 atom stereocenters. The van der Waals surface area contributed by atoms with E-state index in [4.69, 9.17) is 13.8 Å². The first-order valence-electron chi connectivity index (χ1n) is 13.7. The summed E-state index contributed by atoms with van der Waals surface area (Å²) in [6.45, 7) is 8.68. The van der Waals surface area contributed by atoms with Gasteiger partial charge in [0.2, 0.25) is 5.91 Å². The lowest BCUT2D eigenvalue weighted by atomic mass is 9.89. The van der Waals surface area contributed by atoms with Crippen LogP contribution in [0.1, 0.15) is 74.9 Å². The molecule has 11 heteroatoms. The number of nitrogens with one attached hydrogen (secondary N) is 1. The number of carbonyl (C=O) groups excluding carboxylic acids is 3. The summed E-state index contributed by atoms with van der Waals surface area (Å²) in [6.07, 6.45) is -0.956. The number of hydrogen-bond acceptors (Lipinski definition) is 8. The van der Waals surface area contributed by atoms with E-state index < -0.39 is 37.5 Å². The smallest absolute Gasteiger partial charge is 0.381 e. The van der Waals surface area contributed by atoms with Crippen LogP contribution in [-0.2, 0) is 34.6 Å². The normalized spacial score (nSPS) is 14.0. The predicted octanol–water partition coefficient (Wildman–Crippen LogP) is 5.39. The molecule has 0 aliphatic heterocycles. The second-order valence-electron chi connectivity index (χ2n) is 10.1. The van der Waals surface area contributed by atoms with Gasteiger partial charge < -0.3 is 19.7 Å². The Bertz CT molecular complexity index is 1250. The van der Waals surface area contributed by atoms with Crippen LogP contribution >= 0.6 is 7.60 Å². The van der Waals surface area contributed by atoms with Gasteiger partial charge >= 0.3 is 19.5 Å². The minimum atomic E-state index is -3.90. The van der Waals surface area contributed by atoms with E-state index in [0.717, 1.165) is 12.0 Å². The molecule has 0 radical (unpaired) electrons. The number of hydrogen-bond donors (Lipinski definition) is 2. The molecular formula is C30H40NO9P. The summed E-state index contributed by atoms with van der Waals surface area (Å²) in [7, 11) is -3.90. The molecule has 2 N–H and O–H groups in total. The zero-order valence-electron chi connectivity index (χ0n) is 24.3. The maximum Gasteiger partial charge on any atom is 0.381 e. The monoisotopic (exact) mass is 589 g/mol. The topological polar surface area (TPSA) is 145 Å². The first-order valence-corrected chi connectivity index (χ1v) is 15.4. The molecule has 41 heavy (non-hydrogen) atoms. The molecule has 0 saturated heterocycles. The third-order valence-electron chi connectivity index (χ3n) is 6.11. The molecule has 0 saturated carbocycles. The van der Waals surface area contributed by atoms with Gasteiger partial charge in [0.1, 0.15) is 5.75 Å². The van der Waals surface area contributed by atoms with Crippen molar-refractivity contribution in [2.24, 2.45) is 5.92 Å². The molecule has 10 nitrogen and oxygen atoms in total. The molecule has 2 aromatic carbocycles. The van der Waals surface area contributed by atoms with Gasteiger partial charge in [-0.15, -0.1) is 0 Å². The third kappa shape index (κ3) is 11.1. The highest BCUT2D eigenvalue weighted by Crippen LogP contribution is 2.49. The van der Waals surface area contributed by atoms with Crippen LogP contribution in [-0.4, -0.2) is 54.2 Å². The number of benzene rings is 2. The Morgan fingerprint density at radius 1 is 0.976 bits per heavy atom. The number of esters is 1. The molecule has 0 aromatic heterocycles. The minimum Gasteiger partial charge on any atom is -0.481 e. The van der Waals surface area contributed by atoms with Gasteiger partial charge in [0, 0.05) is 24.9 Å². The van der Waals surface area contributed by atoms with E-state index in [9.17, 15) is 28.8 Å². The maximum absolute atomic E-state index is 13.5. The zero-order valence-corrected chi connectivity index (χ0v) is 25.1. The Morgan fingerprint density at radius 3 is 2.27 bits per heavy atom. The summed E-state index contributed by atoms with van der Waals surface area (Å²) in [5.41, 5.74) is 1.62. The lowest BCUT2D eigenvalue weighted by Crippen LogP contribution is -2.29. The van der Waals surface area contributed by atoms with E-state index in [1.165, 1.54) is 13.8 Å². The highest BCUT2D eigenvalue weighted by molar-refractivity contribution is 7.54. The fourth-order valence-electron chi connectivity index (χ4n) is 4.04. The Labute approximate surface area is 241 Å². The number of para-hydroxylation sites is 1. The Kier molecular flexibility index (Phi) is 13.2. The summed E-state index contributed by atoms with van der Waals surface area (Å²) in [4.78, 5) is 49.3. The first-order chi connectivity index (χ1) is 19.3.